The number of nitrogens with one attached hydrogen (secondary N) is 2. The Morgan fingerprint density at radius 2 is 1.39 bits per heavy atom. The number of rotatable bonds is 13. The first-order valence-corrected chi connectivity index (χ1v) is 10.4. The quantitative estimate of drug-likeness (QED) is 0.493. The Bertz CT molecular complexity index is 517. The van der Waals surface area contributed by atoms with Crippen LogP contribution < -0.4 is 10.6 Å². The van der Waals surface area contributed by atoms with Gasteiger partial charge in [-0.15, -0.1) is 0 Å². The van der Waals surface area contributed by atoms with Crippen molar-refractivity contribution in [3.8, 4) is 0 Å². The molecule has 0 saturated carbocycles. The Hall–Kier alpha value is -1.14. The smallest absolute Gasteiger partial charge is 0.239 e. The predicted octanol–water partition coefficient (Wildman–Crippen LogP) is 3.82. The van der Waals surface area contributed by atoms with E-state index in [9.17, 15) is 9.59 Å². The lowest BCUT2D eigenvalue weighted by Gasteiger charge is -2.38. The molecule has 0 aromatic rings. The van der Waals surface area contributed by atoms with E-state index in [1.165, 1.54) is 0 Å². The van der Waals surface area contributed by atoms with Gasteiger partial charge in [-0.2, -0.15) is 0 Å². The van der Waals surface area contributed by atoms with Crippen molar-refractivity contribution in [1.82, 2.24) is 10.6 Å². The molecule has 0 rings (SSSR count). The van der Waals surface area contributed by atoms with Gasteiger partial charge in [0.05, 0.1) is 17.7 Å². The molecule has 0 fully saturated rings. The molecule has 2 amide bonds. The second-order valence-corrected chi connectivity index (χ2v) is 9.38. The van der Waals surface area contributed by atoms with Gasteiger partial charge in [0.1, 0.15) is 0 Å². The first-order valence-electron chi connectivity index (χ1n) is 10.4. The fraction of sp³-hybridized carbons (Fsp3) is 0.909. The van der Waals surface area contributed by atoms with E-state index in [-0.39, 0.29) is 29.6 Å². The van der Waals surface area contributed by atoms with Crippen LogP contribution >= 0.6 is 0 Å². The summed E-state index contributed by atoms with van der Waals surface area (Å²) in [7, 11) is 3.35. The topological polar surface area (TPSA) is 76.7 Å². The predicted molar refractivity (Wildman–Crippen MR) is 114 cm³/mol. The van der Waals surface area contributed by atoms with E-state index in [1.807, 2.05) is 48.5 Å². The number of hydrogen-bond donors (Lipinski definition) is 2. The van der Waals surface area contributed by atoms with E-state index in [2.05, 4.69) is 17.6 Å². The van der Waals surface area contributed by atoms with Crippen LogP contribution in [0.25, 0.3) is 0 Å². The van der Waals surface area contributed by atoms with Gasteiger partial charge in [0.2, 0.25) is 11.8 Å². The van der Waals surface area contributed by atoms with Gasteiger partial charge in [-0.1, -0.05) is 27.7 Å². The highest BCUT2D eigenvalue weighted by Gasteiger charge is 2.39. The van der Waals surface area contributed by atoms with Gasteiger partial charge in [-0.05, 0) is 59.8 Å². The molecule has 0 radical (unpaired) electrons. The van der Waals surface area contributed by atoms with Crippen LogP contribution in [0.2, 0.25) is 0 Å². The first kappa shape index (κ1) is 26.9. The van der Waals surface area contributed by atoms with E-state index >= 15 is 0 Å². The number of hydrogen-bond acceptors (Lipinski definition) is 4. The third-order valence-electron chi connectivity index (χ3n) is 6.33. The van der Waals surface area contributed by atoms with Crippen LogP contribution in [0.3, 0.4) is 0 Å². The van der Waals surface area contributed by atoms with E-state index in [4.69, 9.17) is 9.47 Å². The zero-order valence-electron chi connectivity index (χ0n) is 19.9. The fourth-order valence-electron chi connectivity index (χ4n) is 3.56. The summed E-state index contributed by atoms with van der Waals surface area (Å²) in [6.45, 7) is 16.0. The second kappa shape index (κ2) is 10.6. The molecule has 28 heavy (non-hydrogen) atoms. The minimum atomic E-state index is -0.590. The van der Waals surface area contributed by atoms with Crippen LogP contribution in [-0.4, -0.2) is 49.3 Å². The number of carbonyl (C=O) groups is 2. The van der Waals surface area contributed by atoms with Crippen LogP contribution in [0, 0.1) is 5.41 Å². The molecule has 6 heteroatoms. The molecule has 0 aromatic carbocycles. The molecule has 0 aliphatic rings. The minimum Gasteiger partial charge on any atom is -0.379 e. The summed E-state index contributed by atoms with van der Waals surface area (Å²) >= 11 is 0. The van der Waals surface area contributed by atoms with E-state index in [0.29, 0.717) is 19.3 Å². The molecule has 0 aliphatic heterocycles. The molecule has 0 spiro atoms. The van der Waals surface area contributed by atoms with Crippen molar-refractivity contribution in [3.63, 3.8) is 0 Å². The average Bonchev–Trinajstić information content (AvgIpc) is 2.65. The van der Waals surface area contributed by atoms with E-state index < -0.39 is 11.0 Å². The first-order chi connectivity index (χ1) is 12.7. The largest absolute Gasteiger partial charge is 0.379 e. The summed E-state index contributed by atoms with van der Waals surface area (Å²) in [6.07, 6.45) is 3.55. The zero-order valence-corrected chi connectivity index (χ0v) is 19.9. The van der Waals surface area contributed by atoms with Crippen molar-refractivity contribution in [3.05, 3.63) is 0 Å². The van der Waals surface area contributed by atoms with Crippen LogP contribution in [0.5, 0.6) is 0 Å². The van der Waals surface area contributed by atoms with Crippen molar-refractivity contribution in [2.45, 2.75) is 104 Å². The fourth-order valence-corrected chi connectivity index (χ4v) is 3.56. The van der Waals surface area contributed by atoms with Gasteiger partial charge in [-0.25, -0.2) is 0 Å². The maximum atomic E-state index is 12.9. The Morgan fingerprint density at radius 1 is 0.821 bits per heavy atom. The molecule has 2 N–H and O–H groups in total. The zero-order chi connectivity index (χ0) is 22.2. The molecule has 6 nitrogen and oxygen atoms in total. The molecule has 0 heterocycles. The minimum absolute atomic E-state index is 0.0345. The van der Waals surface area contributed by atoms with Crippen LogP contribution in [0.15, 0.2) is 0 Å². The Balaban J connectivity index is 4.97. The molecular formula is C22H44N2O4. The third kappa shape index (κ3) is 8.08. The van der Waals surface area contributed by atoms with Crippen molar-refractivity contribution in [2.24, 2.45) is 5.41 Å². The van der Waals surface area contributed by atoms with Gasteiger partial charge < -0.3 is 20.1 Å². The highest BCUT2D eigenvalue weighted by Crippen LogP contribution is 2.35. The molecular weight excluding hydrogens is 356 g/mol. The lowest BCUT2D eigenvalue weighted by Crippen LogP contribution is -2.53. The van der Waals surface area contributed by atoms with Gasteiger partial charge in [0.15, 0.2) is 0 Å². The standard InChI is InChI=1S/C22H44N2O4/c1-11-20(6,16-22(8,13-3)28-10)18(26)23-14-17(25)24-21(7,12-2)15-19(4,5)27-9/h11-16H2,1-10H3,(H,23,26)(H,24,25). The summed E-state index contributed by atoms with van der Waals surface area (Å²) in [4.78, 5) is 25.4. The molecule has 3 unspecified atom stereocenters. The molecule has 3 atom stereocenters. The molecule has 0 saturated heterocycles. The van der Waals surface area contributed by atoms with E-state index in [0.717, 1.165) is 12.8 Å². The van der Waals surface area contributed by atoms with E-state index in [1.54, 1.807) is 14.2 Å². The number of methoxy groups -OCH3 is 2. The summed E-state index contributed by atoms with van der Waals surface area (Å²) in [5.41, 5.74) is -1.69. The Labute approximate surface area is 172 Å². The SMILES string of the molecule is CCC(C)(CC(C)(C)OC)NC(=O)CNC(=O)C(C)(CC)CC(C)(CC)OC. The molecule has 0 aromatic heterocycles. The number of amides is 2. The van der Waals surface area contributed by atoms with Crippen LogP contribution in [0.4, 0.5) is 0 Å². The maximum absolute atomic E-state index is 12.9. The van der Waals surface area contributed by atoms with Crippen molar-refractivity contribution in [1.29, 1.82) is 0 Å². The summed E-state index contributed by atoms with van der Waals surface area (Å²) in [6, 6.07) is 0. The molecule has 166 valence electrons. The summed E-state index contributed by atoms with van der Waals surface area (Å²) in [5, 5.41) is 5.90. The van der Waals surface area contributed by atoms with Crippen LogP contribution in [0.1, 0.15) is 87.5 Å². The molecule has 0 bridgehead atoms. The molecule has 0 aliphatic carbocycles. The van der Waals surface area contributed by atoms with Gasteiger partial charge in [0, 0.05) is 25.2 Å². The Kier molecular flexibility index (Phi) is 10.2. The number of carbonyl (C=O) groups excluding carboxylic acids is 2. The third-order valence-corrected chi connectivity index (χ3v) is 6.33. The lowest BCUT2D eigenvalue weighted by atomic mass is 9.75. The maximum Gasteiger partial charge on any atom is 0.239 e. The average molecular weight is 401 g/mol. The van der Waals surface area contributed by atoms with Gasteiger partial charge in [0.25, 0.3) is 0 Å². The lowest BCUT2D eigenvalue weighted by molar-refractivity contribution is -0.137. The highest BCUT2D eigenvalue weighted by atomic mass is 16.5. The van der Waals surface area contributed by atoms with Crippen molar-refractivity contribution < 1.29 is 19.1 Å². The summed E-state index contributed by atoms with van der Waals surface area (Å²) < 4.78 is 11.1. The van der Waals surface area contributed by atoms with Crippen molar-refractivity contribution >= 4 is 11.8 Å². The Morgan fingerprint density at radius 3 is 1.79 bits per heavy atom. The van der Waals surface area contributed by atoms with Crippen molar-refractivity contribution in [2.75, 3.05) is 20.8 Å². The second-order valence-electron chi connectivity index (χ2n) is 9.38. The highest BCUT2D eigenvalue weighted by molar-refractivity contribution is 5.88. The van der Waals surface area contributed by atoms with Gasteiger partial charge >= 0.3 is 0 Å². The van der Waals surface area contributed by atoms with Crippen LogP contribution in [-0.2, 0) is 19.1 Å². The monoisotopic (exact) mass is 400 g/mol. The number of ether oxygens (including phenoxy) is 2. The summed E-state index contributed by atoms with van der Waals surface area (Å²) in [5.74, 6) is -0.301. The van der Waals surface area contributed by atoms with Gasteiger partial charge in [-0.3, -0.25) is 9.59 Å². The normalized spacial score (nSPS) is 18.5.